The molecule has 4 saturated heterocycles. The van der Waals surface area contributed by atoms with Crippen LogP contribution in [0.15, 0.2) is 105 Å². The van der Waals surface area contributed by atoms with Crippen LogP contribution in [0.4, 0.5) is 17.2 Å². The quantitative estimate of drug-likeness (QED) is 0.0833. The minimum absolute atomic E-state index is 0.0959. The lowest BCUT2D eigenvalue weighted by atomic mass is 9.79. The van der Waals surface area contributed by atoms with E-state index < -0.39 is 47.6 Å². The van der Waals surface area contributed by atoms with Crippen molar-refractivity contribution in [2.45, 2.75) is 117 Å². The summed E-state index contributed by atoms with van der Waals surface area (Å²) >= 11 is 9.82. The third kappa shape index (κ3) is 27.3. The highest BCUT2D eigenvalue weighted by Gasteiger charge is 2.51. The summed E-state index contributed by atoms with van der Waals surface area (Å²) in [6.07, 6.45) is 21.6. The molecule has 5 aromatic rings. The zero-order chi connectivity index (χ0) is 65.4. The SMILES string of the molecule is Brc1cncc(Br)c1.CC(=O)Cc1cc(B2OC(C)(C)C(C)(C)O2)ccn1.CC(=O)Nc1cc(-c2cncc(N3CCCN(C)S3(=O)=O)c2)ccn1.CCCCCN.CN1CCCN(c2cncc(Br)c2)S1(=O)=O.NS(N)(=O)=O.O=S1(=O)CCCCC1. The van der Waals surface area contributed by atoms with Crippen molar-refractivity contribution >= 4 is 130 Å². The molecule has 33 heteroatoms. The Labute approximate surface area is 539 Å². The van der Waals surface area contributed by atoms with Crippen molar-refractivity contribution in [1.82, 2.24) is 33.5 Å². The largest absolute Gasteiger partial charge is 0.494 e. The molecule has 0 radical (unpaired) electrons. The topological polar surface area (TPSA) is 357 Å². The number of nitrogens with two attached hydrogens (primary N) is 3. The van der Waals surface area contributed by atoms with Crippen LogP contribution in [0.5, 0.6) is 0 Å². The molecular formula is C54H81BBr3N13O12S4. The molecule has 4 aliphatic heterocycles. The number of amides is 1. The van der Waals surface area contributed by atoms with E-state index in [-0.39, 0.29) is 22.9 Å². The first-order valence-corrected chi connectivity index (χ1v) is 36.2. The number of pyridine rings is 5. The molecule has 0 unspecified atom stereocenters. The zero-order valence-electron chi connectivity index (χ0n) is 50.5. The van der Waals surface area contributed by atoms with Crippen molar-refractivity contribution in [1.29, 1.82) is 0 Å². The minimum Gasteiger partial charge on any atom is -0.399 e. The van der Waals surface area contributed by atoms with Crippen LogP contribution in [-0.4, -0.2) is 156 Å². The van der Waals surface area contributed by atoms with Crippen LogP contribution in [0.2, 0.25) is 0 Å². The Hall–Kier alpha value is -4.49. The molecule has 4 aliphatic rings. The predicted octanol–water partition coefficient (Wildman–Crippen LogP) is 6.71. The van der Waals surface area contributed by atoms with Crippen LogP contribution >= 0.6 is 47.8 Å². The molecule has 9 rings (SSSR count). The summed E-state index contributed by atoms with van der Waals surface area (Å²) in [5.74, 6) is 1.17. The third-order valence-electron chi connectivity index (χ3n) is 13.1. The van der Waals surface area contributed by atoms with Crippen molar-refractivity contribution in [3.63, 3.8) is 0 Å². The number of Topliss-reactive ketones (excluding diaryl/α,β-unsaturated/α-hetero) is 1. The number of ketones is 1. The van der Waals surface area contributed by atoms with E-state index in [4.69, 9.17) is 15.0 Å². The summed E-state index contributed by atoms with van der Waals surface area (Å²) in [5, 5.41) is 10.8. The van der Waals surface area contributed by atoms with E-state index in [0.717, 1.165) is 74.4 Å². The molecule has 0 bridgehead atoms. The van der Waals surface area contributed by atoms with Gasteiger partial charge in [-0.2, -0.15) is 33.9 Å². The molecular weight excluding hydrogens is 1400 g/mol. The fraction of sp³-hybridized carbons (Fsp3) is 0.500. The number of nitrogens with zero attached hydrogens (tertiary/aromatic N) is 9. The van der Waals surface area contributed by atoms with Crippen LogP contribution < -0.4 is 35.4 Å². The summed E-state index contributed by atoms with van der Waals surface area (Å²) in [6.45, 7) is 16.1. The lowest BCUT2D eigenvalue weighted by Crippen LogP contribution is -2.48. The maximum atomic E-state index is 12.5. The Morgan fingerprint density at radius 2 is 1.14 bits per heavy atom. The van der Waals surface area contributed by atoms with E-state index in [1.807, 2.05) is 45.9 Å². The molecule has 0 aromatic carbocycles. The molecule has 0 atom stereocenters. The van der Waals surface area contributed by atoms with Crippen molar-refractivity contribution in [2.24, 2.45) is 16.0 Å². The number of unbranched alkanes of at least 4 members (excludes halogenated alkanes) is 2. The van der Waals surface area contributed by atoms with E-state index in [1.54, 1.807) is 88.7 Å². The van der Waals surface area contributed by atoms with E-state index >= 15 is 0 Å². The van der Waals surface area contributed by atoms with Gasteiger partial charge >= 0.3 is 27.5 Å². The highest BCUT2D eigenvalue weighted by molar-refractivity contribution is 9.11. The summed E-state index contributed by atoms with van der Waals surface area (Å²) in [4.78, 5) is 42.7. The fourth-order valence-electron chi connectivity index (χ4n) is 7.99. The van der Waals surface area contributed by atoms with Gasteiger partial charge in [0, 0.05) is 115 Å². The summed E-state index contributed by atoms with van der Waals surface area (Å²) < 4.78 is 109. The zero-order valence-corrected chi connectivity index (χ0v) is 58.5. The number of aromatic nitrogens is 5. The number of nitrogens with one attached hydrogen (secondary N) is 1. The van der Waals surface area contributed by atoms with E-state index in [9.17, 15) is 43.3 Å². The molecule has 0 aliphatic carbocycles. The van der Waals surface area contributed by atoms with Gasteiger partial charge in [0.15, 0.2) is 0 Å². The van der Waals surface area contributed by atoms with Crippen LogP contribution in [-0.2, 0) is 65.8 Å². The maximum absolute atomic E-state index is 12.5. The first kappa shape index (κ1) is 76.8. The van der Waals surface area contributed by atoms with Crippen molar-refractivity contribution < 1.29 is 52.6 Å². The molecule has 482 valence electrons. The average molecular weight is 1480 g/mol. The van der Waals surface area contributed by atoms with Crippen LogP contribution in [0, 0.1) is 0 Å². The molecule has 87 heavy (non-hydrogen) atoms. The molecule has 7 N–H and O–H groups in total. The van der Waals surface area contributed by atoms with Crippen molar-refractivity contribution in [2.75, 3.05) is 72.3 Å². The van der Waals surface area contributed by atoms with Gasteiger partial charge in [0.05, 0.1) is 46.5 Å². The van der Waals surface area contributed by atoms with Gasteiger partial charge in [-0.25, -0.2) is 23.7 Å². The number of hydrogen-bond acceptors (Lipinski definition) is 18. The Balaban J connectivity index is 0.000000285. The second-order valence-electron chi connectivity index (χ2n) is 21.1. The van der Waals surface area contributed by atoms with Gasteiger partial charge in [-0.05, 0) is 175 Å². The number of rotatable bonds is 10. The van der Waals surface area contributed by atoms with Crippen LogP contribution in [0.1, 0.15) is 106 Å². The number of hydrogen-bond donors (Lipinski definition) is 4. The summed E-state index contributed by atoms with van der Waals surface area (Å²) in [7, 11) is -10.4. The predicted molar refractivity (Wildman–Crippen MR) is 353 cm³/mol. The molecule has 4 fully saturated rings. The van der Waals surface area contributed by atoms with E-state index in [2.05, 4.69) is 95.2 Å². The van der Waals surface area contributed by atoms with Crippen molar-refractivity contribution in [3.8, 4) is 11.1 Å². The third-order valence-corrected chi connectivity index (χ3v) is 20.1. The fourth-order valence-corrected chi connectivity index (χ4v) is 13.7. The number of halogens is 3. The van der Waals surface area contributed by atoms with Gasteiger partial charge in [-0.1, -0.05) is 26.2 Å². The highest BCUT2D eigenvalue weighted by Crippen LogP contribution is 2.36. The molecule has 0 saturated carbocycles. The monoisotopic (exact) mass is 1480 g/mol. The molecule has 1 amide bonds. The average Bonchev–Trinajstić information content (AvgIpc) is 1.94. The Morgan fingerprint density at radius 1 is 0.655 bits per heavy atom. The smallest absolute Gasteiger partial charge is 0.399 e. The second-order valence-corrected chi connectivity index (χ2v) is 31.2. The first-order valence-electron chi connectivity index (χ1n) is 27.6. The number of carbonyl (C=O) groups is 2. The normalized spacial score (nSPS) is 18.0. The second kappa shape index (κ2) is 35.8. The maximum Gasteiger partial charge on any atom is 0.494 e. The van der Waals surface area contributed by atoms with E-state index in [1.165, 1.54) is 49.6 Å². The Morgan fingerprint density at radius 3 is 1.56 bits per heavy atom. The summed E-state index contributed by atoms with van der Waals surface area (Å²) in [5.41, 5.74) is 8.80. The molecule has 9 heterocycles. The van der Waals surface area contributed by atoms with Crippen LogP contribution in [0.25, 0.3) is 11.1 Å². The van der Waals surface area contributed by atoms with E-state index in [0.29, 0.717) is 61.3 Å². The Bertz CT molecular complexity index is 3440. The minimum atomic E-state index is -3.67. The number of anilines is 3. The van der Waals surface area contributed by atoms with Gasteiger partial charge in [-0.3, -0.25) is 38.1 Å². The van der Waals surface area contributed by atoms with Crippen molar-refractivity contribution in [3.05, 3.63) is 111 Å². The molecule has 5 aromatic heterocycles. The van der Waals surface area contributed by atoms with Gasteiger partial charge < -0.3 is 20.4 Å². The lowest BCUT2D eigenvalue weighted by Gasteiger charge is -2.33. The van der Waals surface area contributed by atoms with Crippen LogP contribution in [0.3, 0.4) is 0 Å². The highest BCUT2D eigenvalue weighted by atomic mass is 79.9. The first-order chi connectivity index (χ1) is 40.5. The molecule has 0 spiro atoms. The lowest BCUT2D eigenvalue weighted by molar-refractivity contribution is -0.116. The Kier molecular flexibility index (Phi) is 31.6. The van der Waals surface area contributed by atoms with Gasteiger partial charge in [0.25, 0.3) is 10.2 Å². The standard InChI is InChI=1S/C16H19N5O3S.C14H20BNO3.C9H12BrN3O2S.C5H3Br2N.C5H13N.C5H10O2S.H4N2O2S/c1-12(22)19-16-9-13(4-5-18-16)14-8-15(11-17-10-14)21-7-3-6-20(2)25(21,23)24;1-10(17)8-12-9-11(6-7-16-12)15-18-13(2,3)14(4,5)19-15;1-12-3-2-4-13(16(12,14)15)9-5-8(10)6-11-7-9;6-4-1-5(7)3-8-2-4;1-2-3-4-5-6;6-8(7)4-2-1-3-5-8;1-5(2,3)4/h4-5,8-11H,3,6-7H2,1-2H3,(H,18,19,22);6-7,9H,8H2,1-5H3;5-7H,2-4H2,1H3;1-3H;2-6H2,1H3;1-5H2;(H4,1,2,3,4). The summed E-state index contributed by atoms with van der Waals surface area (Å²) in [6, 6.07) is 12.7. The van der Waals surface area contributed by atoms with Gasteiger partial charge in [0.2, 0.25) is 5.91 Å². The number of carbonyl (C=O) groups excluding carboxylic acids is 2. The molecule has 25 nitrogen and oxygen atoms in total. The van der Waals surface area contributed by atoms with Gasteiger partial charge in [-0.15, -0.1) is 0 Å². The number of sulfone groups is 1. The van der Waals surface area contributed by atoms with Gasteiger partial charge in [0.1, 0.15) is 21.4 Å².